The Bertz CT molecular complexity index is 740. The van der Waals surface area contributed by atoms with Gasteiger partial charge in [0.25, 0.3) is 11.1 Å². The number of hydrogen-bond acceptors (Lipinski definition) is 6. The molecule has 0 fully saturated rings. The van der Waals surface area contributed by atoms with Crippen LogP contribution < -0.4 is 20.8 Å². The third kappa shape index (κ3) is 4.95. The van der Waals surface area contributed by atoms with Gasteiger partial charge in [0.2, 0.25) is 0 Å². The van der Waals surface area contributed by atoms with Crippen LogP contribution in [0.15, 0.2) is 58.4 Å². The molecule has 0 unspecified atom stereocenters. The molecule has 0 saturated heterocycles. The summed E-state index contributed by atoms with van der Waals surface area (Å²) in [6.45, 7) is 0. The topological polar surface area (TPSA) is 96.6 Å². The largest absolute Gasteiger partial charge is 0.333 e. The quantitative estimate of drug-likeness (QED) is 0.731. The molecular weight excluding hydrogens is 304 g/mol. The molecule has 0 bridgehead atoms. The fraction of sp³-hybridized carbons (Fsp3) is 0.200. The lowest BCUT2D eigenvalue weighted by Gasteiger charge is -2.06. The standard InChI is InChI=1S/C15H14N2O6/c18-12-6-1-3-10-16(12)22-14(20)8-5-9-15(21)23-17-11-4-2-7-13(17)19/h1-4,6-7,10-11H,5,8-9H2. The van der Waals surface area contributed by atoms with Crippen molar-refractivity contribution in [1.82, 2.24) is 9.46 Å². The van der Waals surface area contributed by atoms with E-state index in [0.717, 1.165) is 9.46 Å². The normalized spacial score (nSPS) is 10.1. The summed E-state index contributed by atoms with van der Waals surface area (Å²) in [6.07, 6.45) is 2.66. The van der Waals surface area contributed by atoms with Gasteiger partial charge in [0.15, 0.2) is 0 Å². The van der Waals surface area contributed by atoms with Crippen molar-refractivity contribution >= 4 is 11.9 Å². The highest BCUT2D eigenvalue weighted by Crippen LogP contribution is 1.97. The van der Waals surface area contributed by atoms with Gasteiger partial charge in [-0.15, -0.1) is 9.46 Å². The van der Waals surface area contributed by atoms with Gasteiger partial charge in [-0.3, -0.25) is 9.59 Å². The van der Waals surface area contributed by atoms with Gasteiger partial charge < -0.3 is 9.68 Å². The first kappa shape index (κ1) is 16.2. The van der Waals surface area contributed by atoms with Crippen LogP contribution in [0, 0.1) is 0 Å². The van der Waals surface area contributed by atoms with Crippen LogP contribution in [0.3, 0.4) is 0 Å². The molecule has 120 valence electrons. The van der Waals surface area contributed by atoms with Crippen LogP contribution in [0.1, 0.15) is 19.3 Å². The summed E-state index contributed by atoms with van der Waals surface area (Å²) in [5, 5.41) is 0. The smallest absolute Gasteiger partial charge is 0.333 e. The Labute approximate surface area is 130 Å². The van der Waals surface area contributed by atoms with Gasteiger partial charge in [0.05, 0.1) is 0 Å². The zero-order valence-corrected chi connectivity index (χ0v) is 12.1. The van der Waals surface area contributed by atoms with Crippen molar-refractivity contribution < 1.29 is 19.3 Å². The van der Waals surface area contributed by atoms with E-state index in [-0.39, 0.29) is 19.3 Å². The Morgan fingerprint density at radius 1 is 0.783 bits per heavy atom. The third-order valence-electron chi connectivity index (χ3n) is 2.74. The first-order valence-electron chi connectivity index (χ1n) is 6.84. The van der Waals surface area contributed by atoms with Gasteiger partial charge in [0, 0.05) is 37.4 Å². The maximum absolute atomic E-state index is 11.6. The molecule has 2 aromatic rings. The fourth-order valence-electron chi connectivity index (χ4n) is 1.66. The molecule has 0 aliphatic rings. The predicted molar refractivity (Wildman–Crippen MR) is 78.4 cm³/mol. The second-order valence-electron chi connectivity index (χ2n) is 4.51. The molecule has 2 rings (SSSR count). The average molecular weight is 318 g/mol. The van der Waals surface area contributed by atoms with Crippen molar-refractivity contribution in [3.63, 3.8) is 0 Å². The van der Waals surface area contributed by atoms with Gasteiger partial charge in [0.1, 0.15) is 0 Å². The molecule has 0 aliphatic heterocycles. The minimum atomic E-state index is -0.650. The Hall–Kier alpha value is -3.16. The Balaban J connectivity index is 1.76. The van der Waals surface area contributed by atoms with Gasteiger partial charge in [-0.05, 0) is 18.6 Å². The highest BCUT2D eigenvalue weighted by Gasteiger charge is 2.10. The summed E-state index contributed by atoms with van der Waals surface area (Å²) in [5.41, 5.74) is -0.938. The Kier molecular flexibility index (Phi) is 5.45. The molecular formula is C15H14N2O6. The van der Waals surface area contributed by atoms with Crippen molar-refractivity contribution in [3.8, 4) is 0 Å². The van der Waals surface area contributed by atoms with Crippen LogP contribution in [0.25, 0.3) is 0 Å². The highest BCUT2D eigenvalue weighted by molar-refractivity contribution is 5.72. The second kappa shape index (κ2) is 7.74. The van der Waals surface area contributed by atoms with Crippen molar-refractivity contribution in [3.05, 3.63) is 69.5 Å². The predicted octanol–water partition coefficient (Wildman–Crippen LogP) is -0.209. The molecule has 2 heterocycles. The molecule has 0 radical (unpaired) electrons. The Morgan fingerprint density at radius 3 is 1.61 bits per heavy atom. The van der Waals surface area contributed by atoms with Crippen LogP contribution in [0.5, 0.6) is 0 Å². The summed E-state index contributed by atoms with van der Waals surface area (Å²) >= 11 is 0. The third-order valence-corrected chi connectivity index (χ3v) is 2.74. The van der Waals surface area contributed by atoms with E-state index in [2.05, 4.69) is 0 Å². The molecule has 0 amide bonds. The minimum Gasteiger partial charge on any atom is -0.333 e. The van der Waals surface area contributed by atoms with Crippen LogP contribution in [-0.2, 0) is 9.59 Å². The summed E-state index contributed by atoms with van der Waals surface area (Å²) in [4.78, 5) is 55.5. The van der Waals surface area contributed by atoms with Gasteiger partial charge >= 0.3 is 11.9 Å². The van der Waals surface area contributed by atoms with E-state index in [0.29, 0.717) is 0 Å². The maximum Gasteiger partial charge on any atom is 0.333 e. The molecule has 0 aromatic carbocycles. The minimum absolute atomic E-state index is 0.0693. The maximum atomic E-state index is 11.6. The van der Waals surface area contributed by atoms with Crippen molar-refractivity contribution in [2.45, 2.75) is 19.3 Å². The monoisotopic (exact) mass is 318 g/mol. The van der Waals surface area contributed by atoms with Gasteiger partial charge in [-0.2, -0.15) is 0 Å². The van der Waals surface area contributed by atoms with Crippen molar-refractivity contribution in [2.24, 2.45) is 0 Å². The number of carbonyl (C=O) groups is 2. The lowest BCUT2D eigenvalue weighted by Crippen LogP contribution is -2.30. The summed E-state index contributed by atoms with van der Waals surface area (Å²) in [7, 11) is 0. The highest BCUT2D eigenvalue weighted by atomic mass is 16.7. The van der Waals surface area contributed by atoms with Gasteiger partial charge in [-0.1, -0.05) is 12.1 Å². The fourth-order valence-corrected chi connectivity index (χ4v) is 1.66. The first-order valence-corrected chi connectivity index (χ1v) is 6.84. The Morgan fingerprint density at radius 2 is 1.22 bits per heavy atom. The molecule has 8 heteroatoms. The number of aromatic nitrogens is 2. The molecule has 8 nitrogen and oxygen atoms in total. The summed E-state index contributed by atoms with van der Waals surface area (Å²) in [5.74, 6) is -1.30. The van der Waals surface area contributed by atoms with E-state index in [9.17, 15) is 19.2 Å². The number of nitrogens with zero attached hydrogens (tertiary/aromatic N) is 2. The van der Waals surface area contributed by atoms with Crippen molar-refractivity contribution in [2.75, 3.05) is 0 Å². The zero-order chi connectivity index (χ0) is 16.7. The van der Waals surface area contributed by atoms with Crippen LogP contribution in [-0.4, -0.2) is 21.4 Å². The molecule has 0 aliphatic carbocycles. The van der Waals surface area contributed by atoms with Crippen LogP contribution in [0.4, 0.5) is 0 Å². The second-order valence-corrected chi connectivity index (χ2v) is 4.51. The van der Waals surface area contributed by atoms with Crippen LogP contribution in [0.2, 0.25) is 0 Å². The molecule has 0 spiro atoms. The number of hydrogen-bond donors (Lipinski definition) is 0. The zero-order valence-electron chi connectivity index (χ0n) is 12.1. The van der Waals surface area contributed by atoms with E-state index in [1.165, 1.54) is 36.7 Å². The number of pyridine rings is 2. The molecule has 0 atom stereocenters. The first-order chi connectivity index (χ1) is 11.1. The number of rotatable bonds is 6. The van der Waals surface area contributed by atoms with Gasteiger partial charge in [-0.25, -0.2) is 9.59 Å². The average Bonchev–Trinajstić information content (AvgIpc) is 2.52. The van der Waals surface area contributed by atoms with Crippen molar-refractivity contribution in [1.29, 1.82) is 0 Å². The van der Waals surface area contributed by atoms with E-state index < -0.39 is 23.1 Å². The van der Waals surface area contributed by atoms with E-state index >= 15 is 0 Å². The van der Waals surface area contributed by atoms with E-state index in [1.54, 1.807) is 12.1 Å². The molecule has 0 saturated carbocycles. The molecule has 23 heavy (non-hydrogen) atoms. The SMILES string of the molecule is O=C(CCCC(=O)On1ccccc1=O)On1ccccc1=O. The lowest BCUT2D eigenvalue weighted by molar-refractivity contribution is -0.146. The lowest BCUT2D eigenvalue weighted by atomic mass is 10.2. The summed E-state index contributed by atoms with van der Waals surface area (Å²) < 4.78 is 1.62. The molecule has 2 aromatic heterocycles. The van der Waals surface area contributed by atoms with E-state index in [1.807, 2.05) is 0 Å². The molecule has 0 N–H and O–H groups in total. The summed E-state index contributed by atoms with van der Waals surface area (Å²) in [6, 6.07) is 8.64. The van der Waals surface area contributed by atoms with Crippen LogP contribution >= 0.6 is 0 Å². The number of carbonyl (C=O) groups excluding carboxylic acids is 2. The van der Waals surface area contributed by atoms with E-state index in [4.69, 9.17) is 9.68 Å².